The molecule has 9 nitrogen and oxygen atoms in total. The molecule has 0 rings (SSSR count). The third kappa shape index (κ3) is 41.4. The van der Waals surface area contributed by atoms with Crippen LogP contribution in [0.2, 0.25) is 0 Å². The molecule has 1 amide bonds. The van der Waals surface area contributed by atoms with Crippen molar-refractivity contribution in [1.82, 2.24) is 5.32 Å². The van der Waals surface area contributed by atoms with Crippen molar-refractivity contribution in [1.29, 1.82) is 0 Å². The molecule has 0 aliphatic rings. The summed E-state index contributed by atoms with van der Waals surface area (Å²) in [5.41, 5.74) is 0. The lowest BCUT2D eigenvalue weighted by atomic mass is 10.1. The monoisotopic (exact) mass is 783 g/mol. The van der Waals surface area contributed by atoms with E-state index >= 15 is 0 Å². The van der Waals surface area contributed by atoms with Crippen LogP contribution in [0.4, 0.5) is 0 Å². The molecule has 10 heteroatoms. The number of amides is 1. The summed E-state index contributed by atoms with van der Waals surface area (Å²) in [5, 5.41) is 12.6. The van der Waals surface area contributed by atoms with Crippen LogP contribution in [0.5, 0.6) is 0 Å². The molecule has 0 aliphatic carbocycles. The van der Waals surface area contributed by atoms with Crippen LogP contribution in [0.25, 0.3) is 0 Å². The molecule has 2 atom stereocenters. The average Bonchev–Trinajstić information content (AvgIpc) is 3.17. The minimum absolute atomic E-state index is 0.0422. The minimum atomic E-state index is -4.45. The van der Waals surface area contributed by atoms with Crippen LogP contribution in [0.1, 0.15) is 117 Å². The molecule has 0 saturated heterocycles. The van der Waals surface area contributed by atoms with E-state index in [-0.39, 0.29) is 32.1 Å². The first-order valence-electron chi connectivity index (χ1n) is 20.0. The highest BCUT2D eigenvalue weighted by Crippen LogP contribution is 2.42. The topological polar surface area (TPSA) is 131 Å². The Morgan fingerprint density at radius 1 is 0.564 bits per heavy atom. The Morgan fingerprint density at radius 2 is 0.982 bits per heavy atom. The van der Waals surface area contributed by atoms with Crippen molar-refractivity contribution in [2.45, 2.75) is 123 Å². The zero-order chi connectivity index (χ0) is 40.3. The fourth-order valence-electron chi connectivity index (χ4n) is 4.45. The maximum Gasteiger partial charge on any atom is 0.472 e. The molecule has 0 bridgehead atoms. The zero-order valence-electron chi connectivity index (χ0n) is 33.6. The van der Waals surface area contributed by atoms with Crippen molar-refractivity contribution in [3.05, 3.63) is 122 Å². The van der Waals surface area contributed by atoms with Gasteiger partial charge in [-0.05, 0) is 89.9 Å². The van der Waals surface area contributed by atoms with Gasteiger partial charge >= 0.3 is 13.8 Å². The summed E-state index contributed by atoms with van der Waals surface area (Å²) in [6, 6.07) is 0. The van der Waals surface area contributed by atoms with Crippen molar-refractivity contribution < 1.29 is 37.9 Å². The third-order valence-electron chi connectivity index (χ3n) is 7.40. The van der Waals surface area contributed by atoms with Gasteiger partial charge in [0.2, 0.25) is 5.91 Å². The second-order valence-corrected chi connectivity index (χ2v) is 13.9. The lowest BCUT2D eigenvalue weighted by molar-refractivity contribution is -0.147. The van der Waals surface area contributed by atoms with Crippen LogP contribution < -0.4 is 5.32 Å². The molecule has 2 unspecified atom stereocenters. The molecule has 0 aromatic carbocycles. The van der Waals surface area contributed by atoms with E-state index < -0.39 is 26.5 Å². The number of esters is 1. The number of aliphatic hydroxyl groups excluding tert-OH is 1. The molecule has 0 aromatic rings. The van der Waals surface area contributed by atoms with Crippen molar-refractivity contribution in [3.8, 4) is 0 Å². The average molecular weight is 784 g/mol. The van der Waals surface area contributed by atoms with Gasteiger partial charge in [-0.3, -0.25) is 18.6 Å². The van der Waals surface area contributed by atoms with Crippen molar-refractivity contribution >= 4 is 19.7 Å². The Balaban J connectivity index is 3.82. The van der Waals surface area contributed by atoms with E-state index in [1.54, 1.807) is 0 Å². The zero-order valence-corrected chi connectivity index (χ0v) is 34.5. The van der Waals surface area contributed by atoms with Gasteiger partial charge in [0.05, 0.1) is 13.2 Å². The van der Waals surface area contributed by atoms with Crippen LogP contribution in [0.15, 0.2) is 122 Å². The Kier molecular flexibility index (Phi) is 37.5. The normalized spacial score (nSPS) is 14.6. The van der Waals surface area contributed by atoms with Crippen molar-refractivity contribution in [3.63, 3.8) is 0 Å². The van der Waals surface area contributed by atoms with E-state index in [1.807, 2.05) is 12.2 Å². The first-order valence-corrected chi connectivity index (χ1v) is 21.5. The summed E-state index contributed by atoms with van der Waals surface area (Å²) in [6.07, 6.45) is 54.3. The van der Waals surface area contributed by atoms with E-state index in [2.05, 4.69) is 129 Å². The van der Waals surface area contributed by atoms with Crippen LogP contribution in [0, 0.1) is 0 Å². The number of carbonyl (C=O) groups is 2. The van der Waals surface area contributed by atoms with E-state index in [0.717, 1.165) is 83.5 Å². The Bertz CT molecular complexity index is 1310. The fraction of sp³-hybridized carbons (Fsp3) is 0.511. The highest BCUT2D eigenvalue weighted by molar-refractivity contribution is 7.47. The first-order chi connectivity index (χ1) is 26.8. The van der Waals surface area contributed by atoms with Gasteiger partial charge in [-0.15, -0.1) is 0 Å². The number of carbonyl (C=O) groups excluding carboxylic acids is 2. The summed E-state index contributed by atoms with van der Waals surface area (Å²) >= 11 is 0. The maximum atomic E-state index is 12.1. The van der Waals surface area contributed by atoms with Gasteiger partial charge in [-0.2, -0.15) is 0 Å². The highest BCUT2D eigenvalue weighted by Gasteiger charge is 2.23. The summed E-state index contributed by atoms with van der Waals surface area (Å²) in [6.45, 7) is 3.14. The molecule has 0 radical (unpaired) electrons. The Morgan fingerprint density at radius 3 is 1.44 bits per heavy atom. The number of hydrogen-bond acceptors (Lipinski definition) is 7. The number of rotatable bonds is 35. The van der Waals surface area contributed by atoms with Crippen LogP contribution in [0.3, 0.4) is 0 Å². The number of unbranched alkanes of at least 4 members (excludes halogenated alkanes) is 2. The lowest BCUT2D eigenvalue weighted by Crippen LogP contribution is -2.27. The summed E-state index contributed by atoms with van der Waals surface area (Å²) in [5.74, 6) is -0.659. The predicted molar refractivity (Wildman–Crippen MR) is 228 cm³/mol. The highest BCUT2D eigenvalue weighted by atomic mass is 31.2. The quantitative estimate of drug-likeness (QED) is 0.0251. The Labute approximate surface area is 332 Å². The summed E-state index contributed by atoms with van der Waals surface area (Å²) in [4.78, 5) is 33.8. The molecule has 0 saturated carbocycles. The number of allylic oxidation sites excluding steroid dienone is 20. The van der Waals surface area contributed by atoms with Crippen molar-refractivity contribution in [2.75, 3.05) is 26.4 Å². The van der Waals surface area contributed by atoms with E-state index in [9.17, 15) is 24.2 Å². The smallest absolute Gasteiger partial charge is 0.463 e. The summed E-state index contributed by atoms with van der Waals surface area (Å²) in [7, 11) is -4.45. The summed E-state index contributed by atoms with van der Waals surface area (Å²) < 4.78 is 26.7. The molecule has 308 valence electrons. The van der Waals surface area contributed by atoms with Gasteiger partial charge in [-0.1, -0.05) is 135 Å². The van der Waals surface area contributed by atoms with E-state index in [4.69, 9.17) is 13.8 Å². The molecular weight excluding hydrogens is 713 g/mol. The lowest BCUT2D eigenvalue weighted by Gasteiger charge is -2.15. The maximum absolute atomic E-state index is 12.1. The molecule has 0 heterocycles. The number of phosphoric ester groups is 1. The fourth-order valence-corrected chi connectivity index (χ4v) is 5.21. The number of hydrogen-bond donors (Lipinski definition) is 3. The molecule has 0 spiro atoms. The molecule has 3 N–H and O–H groups in total. The predicted octanol–water partition coefficient (Wildman–Crippen LogP) is 11.0. The molecular formula is C45H70NO8P. The number of ether oxygens (including phenoxy) is 1. The van der Waals surface area contributed by atoms with Gasteiger partial charge in [-0.25, -0.2) is 4.57 Å². The van der Waals surface area contributed by atoms with Gasteiger partial charge < -0.3 is 20.1 Å². The Hall–Kier alpha value is -3.59. The molecule has 0 fully saturated rings. The molecule has 0 aliphatic heterocycles. The second kappa shape index (κ2) is 40.1. The number of phosphoric acid groups is 1. The van der Waals surface area contributed by atoms with Crippen LogP contribution in [-0.2, 0) is 27.9 Å². The second-order valence-electron chi connectivity index (χ2n) is 12.5. The third-order valence-corrected chi connectivity index (χ3v) is 8.38. The SMILES string of the molecule is CC/C=C\C/C=C\C/C=C\C/C=C\C/C=C\C/C=C\CCC(=O)OCC(O)COP(=O)(O)OCCNC(=O)CCCC/C=C\C/C=C\C/C=C\C/C=C\CC. The molecule has 55 heavy (non-hydrogen) atoms. The van der Waals surface area contributed by atoms with Gasteiger partial charge in [0.15, 0.2) is 0 Å². The van der Waals surface area contributed by atoms with E-state index in [1.165, 1.54) is 0 Å². The van der Waals surface area contributed by atoms with Crippen LogP contribution in [-0.4, -0.2) is 54.3 Å². The largest absolute Gasteiger partial charge is 0.472 e. The standard InChI is InChI=1S/C45H70NO8P/c1-3-5-7-9-11-13-15-17-19-20-21-22-24-26-28-30-32-34-36-38-45(49)52-41-43(47)42-54-55(50,51)53-40-39-46-44(48)37-35-33-31-29-27-25-23-18-16-14-12-10-8-6-4-2/h5-8,11-14,17-19,21-23,26-29,32,34,43,47H,3-4,9-10,15-16,20,24-25,30-31,33,35-42H2,1-2H3,(H,46,48)(H,50,51)/b7-5-,8-6-,13-11-,14-12-,19-17-,22-21-,23-18-,28-26-,29-27-,34-32-. The minimum Gasteiger partial charge on any atom is -0.463 e. The van der Waals surface area contributed by atoms with Gasteiger partial charge in [0, 0.05) is 19.4 Å². The number of aliphatic hydroxyl groups is 1. The van der Waals surface area contributed by atoms with Crippen LogP contribution >= 0.6 is 7.82 Å². The van der Waals surface area contributed by atoms with E-state index in [0.29, 0.717) is 12.8 Å². The number of nitrogens with one attached hydrogen (secondary N) is 1. The van der Waals surface area contributed by atoms with Crippen molar-refractivity contribution in [2.24, 2.45) is 0 Å². The van der Waals surface area contributed by atoms with Gasteiger partial charge in [0.25, 0.3) is 0 Å². The first kappa shape index (κ1) is 51.4. The van der Waals surface area contributed by atoms with Gasteiger partial charge in [0.1, 0.15) is 12.7 Å². The molecule has 0 aromatic heterocycles.